The molecular formula is C17H26N6O3. The van der Waals surface area contributed by atoms with E-state index in [0.717, 1.165) is 18.8 Å². The summed E-state index contributed by atoms with van der Waals surface area (Å²) in [7, 11) is 4.99. The Labute approximate surface area is 153 Å². The fraction of sp³-hybridized carbons (Fsp3) is 0.471. The second-order valence-corrected chi connectivity index (χ2v) is 5.36. The zero-order valence-corrected chi connectivity index (χ0v) is 14.6. The minimum Gasteiger partial charge on any atom is -0.497 e. The molecular weight excluding hydrogens is 336 g/mol. The van der Waals surface area contributed by atoms with Gasteiger partial charge in [-0.25, -0.2) is 0 Å². The molecule has 1 fully saturated rings. The van der Waals surface area contributed by atoms with Crippen LogP contribution in [0.3, 0.4) is 0 Å². The van der Waals surface area contributed by atoms with Crippen molar-refractivity contribution in [1.82, 2.24) is 15.0 Å². The van der Waals surface area contributed by atoms with E-state index < -0.39 is 0 Å². The Morgan fingerprint density at radius 3 is 2.15 bits per heavy atom. The van der Waals surface area contributed by atoms with Crippen LogP contribution in [0.2, 0.25) is 0 Å². The Morgan fingerprint density at radius 2 is 1.58 bits per heavy atom. The van der Waals surface area contributed by atoms with Crippen LogP contribution in [0.4, 0.5) is 23.5 Å². The van der Waals surface area contributed by atoms with E-state index in [-0.39, 0.29) is 7.43 Å². The molecule has 2 N–H and O–H groups in total. The maximum atomic E-state index is 5.38. The van der Waals surface area contributed by atoms with Gasteiger partial charge in [0.25, 0.3) is 0 Å². The van der Waals surface area contributed by atoms with Crippen molar-refractivity contribution in [2.75, 3.05) is 63.1 Å². The number of ether oxygens (including phenoxy) is 3. The molecule has 9 heteroatoms. The molecule has 0 aliphatic carbocycles. The second kappa shape index (κ2) is 9.04. The zero-order chi connectivity index (χ0) is 17.6. The van der Waals surface area contributed by atoms with E-state index in [1.807, 2.05) is 12.1 Å². The molecule has 0 unspecified atom stereocenters. The molecule has 1 aliphatic heterocycles. The number of rotatable bonds is 6. The minimum atomic E-state index is 0. The summed E-state index contributed by atoms with van der Waals surface area (Å²) < 4.78 is 16.0. The van der Waals surface area contributed by atoms with Crippen LogP contribution in [0.5, 0.6) is 11.5 Å². The molecule has 1 aromatic carbocycles. The van der Waals surface area contributed by atoms with Gasteiger partial charge in [0.15, 0.2) is 0 Å². The minimum absolute atomic E-state index is 0. The lowest BCUT2D eigenvalue weighted by Crippen LogP contribution is -2.37. The Bertz CT molecular complexity index is 699. The summed E-state index contributed by atoms with van der Waals surface area (Å²) in [6.45, 7) is 2.83. The molecule has 0 atom stereocenters. The van der Waals surface area contributed by atoms with E-state index >= 15 is 0 Å². The molecule has 2 heterocycles. The van der Waals surface area contributed by atoms with Crippen molar-refractivity contribution in [3.8, 4) is 11.5 Å². The summed E-state index contributed by atoms with van der Waals surface area (Å²) in [4.78, 5) is 15.4. The van der Waals surface area contributed by atoms with Gasteiger partial charge in [-0.1, -0.05) is 7.43 Å². The van der Waals surface area contributed by atoms with Gasteiger partial charge in [-0.15, -0.1) is 0 Å². The lowest BCUT2D eigenvalue weighted by Gasteiger charge is -2.27. The molecule has 26 heavy (non-hydrogen) atoms. The third-order valence-electron chi connectivity index (χ3n) is 3.75. The molecule has 1 aliphatic rings. The SMILES string of the molecule is C.CNc1nc(Nc2cc(OC)cc(OC)c2)nc(N2CCOCC2)n1. The summed E-state index contributed by atoms with van der Waals surface area (Å²) in [6, 6.07) is 5.50. The number of hydrogen-bond acceptors (Lipinski definition) is 9. The quantitative estimate of drug-likeness (QED) is 0.801. The Hall–Kier alpha value is -2.81. The highest BCUT2D eigenvalue weighted by molar-refractivity contribution is 5.60. The van der Waals surface area contributed by atoms with Gasteiger partial charge in [0.2, 0.25) is 17.8 Å². The Balaban J connectivity index is 0.00000243. The number of methoxy groups -OCH3 is 2. The lowest BCUT2D eigenvalue weighted by molar-refractivity contribution is 0.122. The van der Waals surface area contributed by atoms with Crippen molar-refractivity contribution in [2.24, 2.45) is 0 Å². The van der Waals surface area contributed by atoms with Gasteiger partial charge in [0.05, 0.1) is 27.4 Å². The molecule has 0 saturated carbocycles. The van der Waals surface area contributed by atoms with Crippen LogP contribution in [-0.4, -0.2) is 62.5 Å². The lowest BCUT2D eigenvalue weighted by atomic mass is 10.3. The number of anilines is 4. The maximum Gasteiger partial charge on any atom is 0.233 e. The molecule has 9 nitrogen and oxygen atoms in total. The van der Waals surface area contributed by atoms with Crippen LogP contribution in [0.1, 0.15) is 7.43 Å². The highest BCUT2D eigenvalue weighted by Crippen LogP contribution is 2.27. The summed E-state index contributed by atoms with van der Waals surface area (Å²) >= 11 is 0. The van der Waals surface area contributed by atoms with Gasteiger partial charge in [-0.05, 0) is 0 Å². The van der Waals surface area contributed by atoms with E-state index in [4.69, 9.17) is 14.2 Å². The fourth-order valence-electron chi connectivity index (χ4n) is 2.45. The maximum absolute atomic E-state index is 5.38. The van der Waals surface area contributed by atoms with Gasteiger partial charge in [0, 0.05) is 44.0 Å². The first-order valence-corrected chi connectivity index (χ1v) is 7.98. The summed E-state index contributed by atoms with van der Waals surface area (Å²) in [6.07, 6.45) is 0. The molecule has 2 aromatic rings. The predicted molar refractivity (Wildman–Crippen MR) is 102 cm³/mol. The van der Waals surface area contributed by atoms with Gasteiger partial charge in [0.1, 0.15) is 11.5 Å². The fourth-order valence-corrected chi connectivity index (χ4v) is 2.45. The first kappa shape index (κ1) is 19.5. The highest BCUT2D eigenvalue weighted by Gasteiger charge is 2.16. The Kier molecular flexibility index (Phi) is 6.79. The second-order valence-electron chi connectivity index (χ2n) is 5.36. The van der Waals surface area contributed by atoms with E-state index in [1.165, 1.54) is 0 Å². The predicted octanol–water partition coefficient (Wildman–Crippen LogP) is 2.15. The van der Waals surface area contributed by atoms with Crippen LogP contribution < -0.4 is 25.0 Å². The molecule has 1 aromatic heterocycles. The monoisotopic (exact) mass is 362 g/mol. The van der Waals surface area contributed by atoms with Crippen molar-refractivity contribution in [3.05, 3.63) is 18.2 Å². The number of aromatic nitrogens is 3. The number of morpholine rings is 1. The highest BCUT2D eigenvalue weighted by atomic mass is 16.5. The van der Waals surface area contributed by atoms with Gasteiger partial charge in [-0.3, -0.25) is 0 Å². The number of benzene rings is 1. The van der Waals surface area contributed by atoms with E-state index in [2.05, 4.69) is 30.5 Å². The van der Waals surface area contributed by atoms with Gasteiger partial charge < -0.3 is 29.7 Å². The van der Waals surface area contributed by atoms with Crippen LogP contribution in [0, 0.1) is 0 Å². The largest absolute Gasteiger partial charge is 0.497 e. The van der Waals surface area contributed by atoms with Crippen LogP contribution in [0.15, 0.2) is 18.2 Å². The van der Waals surface area contributed by atoms with Crippen molar-refractivity contribution < 1.29 is 14.2 Å². The topological polar surface area (TPSA) is 93.7 Å². The molecule has 0 spiro atoms. The molecule has 3 rings (SSSR count). The molecule has 142 valence electrons. The normalized spacial score (nSPS) is 13.6. The first-order chi connectivity index (χ1) is 12.2. The molecule has 0 bridgehead atoms. The van der Waals surface area contributed by atoms with Crippen LogP contribution in [0.25, 0.3) is 0 Å². The average molecular weight is 362 g/mol. The third kappa shape index (κ3) is 4.63. The summed E-state index contributed by atoms with van der Waals surface area (Å²) in [5.74, 6) is 2.90. The first-order valence-electron chi connectivity index (χ1n) is 7.98. The van der Waals surface area contributed by atoms with Crippen LogP contribution >= 0.6 is 0 Å². The number of nitrogens with zero attached hydrogens (tertiary/aromatic N) is 4. The van der Waals surface area contributed by atoms with Crippen molar-refractivity contribution in [1.29, 1.82) is 0 Å². The molecule has 0 amide bonds. The van der Waals surface area contributed by atoms with Gasteiger partial charge in [-0.2, -0.15) is 15.0 Å². The number of nitrogens with one attached hydrogen (secondary N) is 2. The van der Waals surface area contributed by atoms with Crippen molar-refractivity contribution in [3.63, 3.8) is 0 Å². The van der Waals surface area contributed by atoms with Crippen molar-refractivity contribution in [2.45, 2.75) is 7.43 Å². The van der Waals surface area contributed by atoms with Crippen LogP contribution in [-0.2, 0) is 4.74 Å². The van der Waals surface area contributed by atoms with E-state index in [0.29, 0.717) is 42.6 Å². The smallest absolute Gasteiger partial charge is 0.233 e. The summed E-state index contributed by atoms with van der Waals surface area (Å²) in [5, 5.41) is 6.16. The number of hydrogen-bond donors (Lipinski definition) is 2. The van der Waals surface area contributed by atoms with E-state index in [1.54, 1.807) is 27.3 Å². The third-order valence-corrected chi connectivity index (χ3v) is 3.75. The standard InChI is InChI=1S/C16H22N6O3.CH4/c1-17-14-19-15(21-16(20-14)22-4-6-25-7-5-22)18-11-8-12(23-2)10-13(9-11)24-3;/h8-10H,4-7H2,1-3H3,(H2,17,18,19,20,21);1H4. The summed E-state index contributed by atoms with van der Waals surface area (Å²) in [5.41, 5.74) is 0.761. The van der Waals surface area contributed by atoms with Gasteiger partial charge >= 0.3 is 0 Å². The molecule has 0 radical (unpaired) electrons. The van der Waals surface area contributed by atoms with E-state index in [9.17, 15) is 0 Å². The van der Waals surface area contributed by atoms with Crippen molar-refractivity contribution >= 4 is 23.5 Å². The average Bonchev–Trinajstić information content (AvgIpc) is 2.68. The Morgan fingerprint density at radius 1 is 0.962 bits per heavy atom. The molecule has 1 saturated heterocycles. The zero-order valence-electron chi connectivity index (χ0n) is 14.6.